The van der Waals surface area contributed by atoms with Crippen LogP contribution in [0.3, 0.4) is 0 Å². The summed E-state index contributed by atoms with van der Waals surface area (Å²) >= 11 is 1.58. The minimum Gasteiger partial charge on any atom is -0.497 e. The Morgan fingerprint density at radius 3 is 2.23 bits per heavy atom. The molecule has 0 amide bonds. The monoisotopic (exact) mass is 431 g/mol. The first-order valence-electron chi connectivity index (χ1n) is 10.6. The maximum atomic E-state index is 5.24. The minimum absolute atomic E-state index is 0.885. The number of hydrogen-bond acceptors (Lipinski definition) is 5. The van der Waals surface area contributed by atoms with Crippen LogP contribution in [0.25, 0.3) is 21.2 Å². The maximum Gasteiger partial charge on any atom is 0.149 e. The summed E-state index contributed by atoms with van der Waals surface area (Å²) in [6.45, 7) is 2.99. The largest absolute Gasteiger partial charge is 0.497 e. The van der Waals surface area contributed by atoms with E-state index < -0.39 is 0 Å². The third-order valence-electron chi connectivity index (χ3n) is 5.58. The number of benzene rings is 3. The molecule has 3 aromatic carbocycles. The molecule has 0 saturated heterocycles. The van der Waals surface area contributed by atoms with Gasteiger partial charge in [0.05, 0.1) is 11.8 Å². The van der Waals surface area contributed by atoms with Crippen molar-refractivity contribution in [2.75, 3.05) is 39.2 Å². The van der Waals surface area contributed by atoms with E-state index in [-0.39, 0.29) is 0 Å². The molecular weight excluding hydrogens is 402 g/mol. The highest BCUT2D eigenvalue weighted by molar-refractivity contribution is 7.13. The van der Waals surface area contributed by atoms with Crippen LogP contribution in [0.15, 0.2) is 72.8 Å². The second-order valence-corrected chi connectivity index (χ2v) is 8.75. The molecule has 0 fully saturated rings. The molecule has 4 aromatic rings. The number of methoxy groups -OCH3 is 1. The number of nitrogens with zero attached hydrogens (tertiary/aromatic N) is 3. The first-order valence-corrected chi connectivity index (χ1v) is 11.4. The fourth-order valence-corrected chi connectivity index (χ4v) is 4.63. The van der Waals surface area contributed by atoms with E-state index in [1.807, 2.05) is 12.1 Å². The molecule has 5 heteroatoms. The molecule has 0 aliphatic heterocycles. The van der Waals surface area contributed by atoms with E-state index >= 15 is 0 Å². The highest BCUT2D eigenvalue weighted by Crippen LogP contribution is 2.28. The van der Waals surface area contributed by atoms with Gasteiger partial charge in [-0.15, -0.1) is 0 Å². The van der Waals surface area contributed by atoms with Gasteiger partial charge < -0.3 is 14.5 Å². The highest BCUT2D eigenvalue weighted by atomic mass is 32.1. The Kier molecular flexibility index (Phi) is 6.85. The lowest BCUT2D eigenvalue weighted by Gasteiger charge is -2.21. The van der Waals surface area contributed by atoms with Gasteiger partial charge in [-0.2, -0.15) is 4.37 Å². The van der Waals surface area contributed by atoms with Crippen LogP contribution < -0.4 is 9.64 Å². The van der Waals surface area contributed by atoms with Crippen molar-refractivity contribution in [3.8, 4) is 16.9 Å². The van der Waals surface area contributed by atoms with Crippen LogP contribution in [-0.2, 0) is 6.54 Å². The van der Waals surface area contributed by atoms with Crippen molar-refractivity contribution in [3.05, 3.63) is 78.4 Å². The second kappa shape index (κ2) is 9.94. The fraction of sp³-hybridized carbons (Fsp3) is 0.269. The van der Waals surface area contributed by atoms with E-state index in [2.05, 4.69) is 88.9 Å². The molecule has 0 spiro atoms. The lowest BCUT2D eigenvalue weighted by Crippen LogP contribution is -2.25. The summed E-state index contributed by atoms with van der Waals surface area (Å²) in [5.74, 6) is 1.98. The molecule has 0 aliphatic carbocycles. The molecular formula is C26H29N3OS. The van der Waals surface area contributed by atoms with Crippen molar-refractivity contribution in [1.29, 1.82) is 0 Å². The molecule has 0 radical (unpaired) electrons. The van der Waals surface area contributed by atoms with Gasteiger partial charge >= 0.3 is 0 Å². The van der Waals surface area contributed by atoms with E-state index in [1.165, 1.54) is 26.8 Å². The third-order valence-corrected chi connectivity index (χ3v) is 6.40. The quantitative estimate of drug-likeness (QED) is 0.328. The van der Waals surface area contributed by atoms with Gasteiger partial charge in [0.15, 0.2) is 0 Å². The first kappa shape index (κ1) is 21.3. The van der Waals surface area contributed by atoms with Gasteiger partial charge in [0, 0.05) is 25.5 Å². The Bertz CT molecular complexity index is 1110. The van der Waals surface area contributed by atoms with Gasteiger partial charge in [-0.25, -0.2) is 0 Å². The molecule has 31 heavy (non-hydrogen) atoms. The number of fused-ring (bicyclic) bond motifs is 1. The average Bonchev–Trinajstić information content (AvgIpc) is 3.24. The molecule has 0 saturated carbocycles. The lowest BCUT2D eigenvalue weighted by atomic mass is 10.0. The smallest absolute Gasteiger partial charge is 0.149 e. The second-order valence-electron chi connectivity index (χ2n) is 7.94. The van der Waals surface area contributed by atoms with Crippen LogP contribution in [-0.4, -0.2) is 43.6 Å². The van der Waals surface area contributed by atoms with E-state index in [1.54, 1.807) is 18.6 Å². The summed E-state index contributed by atoms with van der Waals surface area (Å²) in [6, 6.07) is 25.5. The molecule has 0 atom stereocenters. The Hall–Kier alpha value is -2.89. The predicted octanol–water partition coefficient (Wildman–Crippen LogP) is 5.93. The number of rotatable bonds is 9. The lowest BCUT2D eigenvalue weighted by molar-refractivity contribution is 0.323. The first-order chi connectivity index (χ1) is 15.1. The zero-order chi connectivity index (χ0) is 21.6. The minimum atomic E-state index is 0.885. The van der Waals surface area contributed by atoms with Crippen LogP contribution in [0.2, 0.25) is 0 Å². The van der Waals surface area contributed by atoms with Gasteiger partial charge in [-0.3, -0.25) is 0 Å². The Morgan fingerprint density at radius 1 is 0.839 bits per heavy atom. The standard InChI is InChI=1S/C26H29N3OS/c1-28(17-6-18-29(2)26-24-7-4-5-8-25(24)31-27-26)19-20-9-11-21(12-10-20)22-13-15-23(30-3)16-14-22/h4-5,7-16H,6,17-19H2,1-3H3. The molecule has 1 heterocycles. The van der Waals surface area contributed by atoms with E-state index in [9.17, 15) is 0 Å². The van der Waals surface area contributed by atoms with Crippen molar-refractivity contribution in [2.45, 2.75) is 13.0 Å². The zero-order valence-corrected chi connectivity index (χ0v) is 19.2. The molecule has 0 unspecified atom stereocenters. The van der Waals surface area contributed by atoms with E-state index in [4.69, 9.17) is 4.74 Å². The predicted molar refractivity (Wildman–Crippen MR) is 132 cm³/mol. The van der Waals surface area contributed by atoms with Crippen molar-refractivity contribution in [2.24, 2.45) is 0 Å². The van der Waals surface area contributed by atoms with Crippen LogP contribution in [0.4, 0.5) is 5.82 Å². The maximum absolute atomic E-state index is 5.24. The SMILES string of the molecule is COc1ccc(-c2ccc(CN(C)CCCN(C)c3nsc4ccccc34)cc2)cc1. The normalized spacial score (nSPS) is 11.2. The summed E-state index contributed by atoms with van der Waals surface area (Å²) in [5, 5.41) is 1.25. The Morgan fingerprint density at radius 2 is 1.52 bits per heavy atom. The fourth-order valence-electron chi connectivity index (χ4n) is 3.81. The van der Waals surface area contributed by atoms with Gasteiger partial charge in [-0.1, -0.05) is 48.5 Å². The Labute approximate surface area is 188 Å². The van der Waals surface area contributed by atoms with Crippen LogP contribution >= 0.6 is 11.5 Å². The number of aromatic nitrogens is 1. The molecule has 0 N–H and O–H groups in total. The number of hydrogen-bond donors (Lipinski definition) is 0. The number of anilines is 1. The molecule has 4 nitrogen and oxygen atoms in total. The van der Waals surface area contributed by atoms with E-state index in [0.717, 1.165) is 37.6 Å². The summed E-state index contributed by atoms with van der Waals surface area (Å²) in [6.07, 6.45) is 1.10. The van der Waals surface area contributed by atoms with Gasteiger partial charge in [-0.05, 0) is 72.5 Å². The topological polar surface area (TPSA) is 28.6 Å². The summed E-state index contributed by atoms with van der Waals surface area (Å²) < 4.78 is 11.1. The number of ether oxygens (including phenoxy) is 1. The van der Waals surface area contributed by atoms with Gasteiger partial charge in [0.2, 0.25) is 0 Å². The van der Waals surface area contributed by atoms with Crippen molar-refractivity contribution in [1.82, 2.24) is 9.27 Å². The Balaban J connectivity index is 1.27. The highest BCUT2D eigenvalue weighted by Gasteiger charge is 2.10. The van der Waals surface area contributed by atoms with Crippen molar-refractivity contribution < 1.29 is 4.74 Å². The van der Waals surface area contributed by atoms with Crippen molar-refractivity contribution in [3.63, 3.8) is 0 Å². The third kappa shape index (κ3) is 5.24. The van der Waals surface area contributed by atoms with Crippen molar-refractivity contribution >= 4 is 27.4 Å². The van der Waals surface area contributed by atoms with Crippen LogP contribution in [0.5, 0.6) is 5.75 Å². The molecule has 1 aromatic heterocycles. The average molecular weight is 432 g/mol. The summed E-state index contributed by atoms with van der Waals surface area (Å²) in [5.41, 5.74) is 3.77. The van der Waals surface area contributed by atoms with Gasteiger partial charge in [0.1, 0.15) is 11.6 Å². The van der Waals surface area contributed by atoms with Crippen LogP contribution in [0, 0.1) is 0 Å². The van der Waals surface area contributed by atoms with Gasteiger partial charge in [0.25, 0.3) is 0 Å². The molecule has 160 valence electrons. The molecule has 0 aliphatic rings. The van der Waals surface area contributed by atoms with E-state index in [0.29, 0.717) is 0 Å². The summed E-state index contributed by atoms with van der Waals surface area (Å²) in [7, 11) is 6.02. The molecule has 4 rings (SSSR count). The summed E-state index contributed by atoms with van der Waals surface area (Å²) in [4.78, 5) is 4.66. The zero-order valence-electron chi connectivity index (χ0n) is 18.4. The molecule has 0 bridgehead atoms. The van der Waals surface area contributed by atoms with Crippen LogP contribution in [0.1, 0.15) is 12.0 Å².